The van der Waals surface area contributed by atoms with Crippen molar-refractivity contribution in [1.29, 1.82) is 0 Å². The van der Waals surface area contributed by atoms with E-state index in [-0.39, 0.29) is 17.3 Å². The Labute approximate surface area is 150 Å². The summed E-state index contributed by atoms with van der Waals surface area (Å²) in [5, 5.41) is 12.1. The van der Waals surface area contributed by atoms with Gasteiger partial charge >= 0.3 is 5.97 Å². The van der Waals surface area contributed by atoms with Gasteiger partial charge in [0.1, 0.15) is 5.75 Å². The van der Waals surface area contributed by atoms with Crippen molar-refractivity contribution >= 4 is 17.6 Å². The highest BCUT2D eigenvalue weighted by Gasteiger charge is 2.11. The van der Waals surface area contributed by atoms with Gasteiger partial charge in [0, 0.05) is 6.92 Å². The first-order valence-electron chi connectivity index (χ1n) is 9.32. The average Bonchev–Trinajstić information content (AvgIpc) is 2.58. The number of aromatic hydroxyl groups is 1. The molecule has 1 aromatic rings. The van der Waals surface area contributed by atoms with E-state index in [1.54, 1.807) is 0 Å². The highest BCUT2D eigenvalue weighted by molar-refractivity contribution is 5.95. The third kappa shape index (κ3) is 9.13. The Morgan fingerprint density at radius 1 is 1.00 bits per heavy atom. The molecule has 0 unspecified atom stereocenters. The Morgan fingerprint density at radius 2 is 1.60 bits per heavy atom. The summed E-state index contributed by atoms with van der Waals surface area (Å²) in [4.78, 5) is 23.1. The van der Waals surface area contributed by atoms with Crippen molar-refractivity contribution in [2.75, 3.05) is 11.9 Å². The first kappa shape index (κ1) is 21.0. The van der Waals surface area contributed by atoms with Gasteiger partial charge in [-0.05, 0) is 24.6 Å². The molecular weight excluding hydrogens is 318 g/mol. The predicted molar refractivity (Wildman–Crippen MR) is 99.9 cm³/mol. The van der Waals surface area contributed by atoms with Crippen molar-refractivity contribution in [2.45, 2.75) is 71.6 Å². The smallest absolute Gasteiger partial charge is 0.338 e. The Hall–Kier alpha value is -2.04. The zero-order chi connectivity index (χ0) is 18.5. The van der Waals surface area contributed by atoms with Crippen molar-refractivity contribution in [3.63, 3.8) is 0 Å². The van der Waals surface area contributed by atoms with Gasteiger partial charge in [0.25, 0.3) is 0 Å². The van der Waals surface area contributed by atoms with Crippen LogP contribution < -0.4 is 5.32 Å². The maximum absolute atomic E-state index is 12.0. The zero-order valence-electron chi connectivity index (χ0n) is 15.5. The fourth-order valence-electron chi connectivity index (χ4n) is 2.61. The van der Waals surface area contributed by atoms with Gasteiger partial charge < -0.3 is 15.2 Å². The maximum Gasteiger partial charge on any atom is 0.338 e. The number of esters is 1. The number of carbonyl (C=O) groups is 2. The van der Waals surface area contributed by atoms with Crippen LogP contribution in [0.2, 0.25) is 0 Å². The number of phenols is 1. The van der Waals surface area contributed by atoms with Crippen LogP contribution in [-0.4, -0.2) is 23.6 Å². The fourth-order valence-corrected chi connectivity index (χ4v) is 2.61. The van der Waals surface area contributed by atoms with E-state index in [2.05, 4.69) is 12.2 Å². The third-order valence-corrected chi connectivity index (χ3v) is 4.02. The minimum Gasteiger partial charge on any atom is -0.506 e. The van der Waals surface area contributed by atoms with Crippen molar-refractivity contribution in [3.05, 3.63) is 23.8 Å². The number of carbonyl (C=O) groups excluding carboxylic acids is 2. The number of anilines is 1. The molecule has 1 rings (SSSR count). The first-order valence-corrected chi connectivity index (χ1v) is 9.32. The zero-order valence-corrected chi connectivity index (χ0v) is 15.5. The van der Waals surface area contributed by atoms with Crippen LogP contribution in [0.25, 0.3) is 0 Å². The molecule has 0 aliphatic heterocycles. The summed E-state index contributed by atoms with van der Waals surface area (Å²) in [6.07, 6.45) is 10.9. The SMILES string of the molecule is CCCCCCCCCCCOC(=O)c1ccc(O)c(NC(C)=O)c1. The molecule has 0 atom stereocenters. The lowest BCUT2D eigenvalue weighted by Gasteiger charge is -2.08. The van der Waals surface area contributed by atoms with Crippen molar-refractivity contribution < 1.29 is 19.4 Å². The quantitative estimate of drug-likeness (QED) is 0.315. The number of phenolic OH excluding ortho intramolecular Hbond substituents is 1. The topological polar surface area (TPSA) is 75.6 Å². The van der Waals surface area contributed by atoms with Gasteiger partial charge in [-0.3, -0.25) is 4.79 Å². The van der Waals surface area contributed by atoms with Crippen LogP contribution in [0.4, 0.5) is 5.69 Å². The lowest BCUT2D eigenvalue weighted by molar-refractivity contribution is -0.114. The molecular formula is C20H31NO4. The number of hydrogen-bond acceptors (Lipinski definition) is 4. The van der Waals surface area contributed by atoms with E-state index in [4.69, 9.17) is 4.74 Å². The second-order valence-corrected chi connectivity index (χ2v) is 6.38. The molecule has 0 radical (unpaired) electrons. The second kappa shape index (κ2) is 12.3. The molecule has 0 bridgehead atoms. The van der Waals surface area contributed by atoms with Crippen LogP contribution in [-0.2, 0) is 9.53 Å². The number of hydrogen-bond donors (Lipinski definition) is 2. The van der Waals surface area contributed by atoms with Gasteiger partial charge in [-0.15, -0.1) is 0 Å². The Kier molecular flexibility index (Phi) is 10.4. The van der Waals surface area contributed by atoms with Gasteiger partial charge in [0.15, 0.2) is 0 Å². The predicted octanol–water partition coefficient (Wildman–Crippen LogP) is 5.04. The number of nitrogens with one attached hydrogen (secondary N) is 1. The van der Waals surface area contributed by atoms with Crippen molar-refractivity contribution in [1.82, 2.24) is 0 Å². The minimum absolute atomic E-state index is 0.0781. The summed E-state index contributed by atoms with van der Waals surface area (Å²) < 4.78 is 5.25. The van der Waals surface area contributed by atoms with Gasteiger partial charge in [-0.2, -0.15) is 0 Å². The minimum atomic E-state index is -0.439. The van der Waals surface area contributed by atoms with E-state index < -0.39 is 5.97 Å². The number of amides is 1. The van der Waals surface area contributed by atoms with Crippen LogP contribution in [0.1, 0.15) is 82.0 Å². The number of rotatable bonds is 12. The van der Waals surface area contributed by atoms with Gasteiger partial charge in [-0.1, -0.05) is 58.3 Å². The lowest BCUT2D eigenvalue weighted by Crippen LogP contribution is -2.09. The molecule has 0 saturated carbocycles. The molecule has 0 spiro atoms. The second-order valence-electron chi connectivity index (χ2n) is 6.38. The van der Waals surface area contributed by atoms with Crippen LogP contribution in [0, 0.1) is 0 Å². The summed E-state index contributed by atoms with van der Waals surface area (Å²) in [6.45, 7) is 3.96. The highest BCUT2D eigenvalue weighted by Crippen LogP contribution is 2.24. The molecule has 0 fully saturated rings. The summed E-state index contributed by atoms with van der Waals surface area (Å²) in [6, 6.07) is 4.29. The molecule has 0 aliphatic rings. The molecule has 0 aromatic heterocycles. The highest BCUT2D eigenvalue weighted by atomic mass is 16.5. The molecule has 0 aliphatic carbocycles. The molecule has 0 saturated heterocycles. The standard InChI is InChI=1S/C20H31NO4/c1-3-4-5-6-7-8-9-10-11-14-25-20(24)17-12-13-19(23)18(15-17)21-16(2)22/h12-13,15,23H,3-11,14H2,1-2H3,(H,21,22). The molecule has 25 heavy (non-hydrogen) atoms. The number of unbranched alkanes of at least 4 members (excludes halogenated alkanes) is 8. The van der Waals surface area contributed by atoms with Crippen molar-refractivity contribution in [2.24, 2.45) is 0 Å². The summed E-state index contributed by atoms with van der Waals surface area (Å²) >= 11 is 0. The molecule has 5 nitrogen and oxygen atoms in total. The molecule has 2 N–H and O–H groups in total. The third-order valence-electron chi connectivity index (χ3n) is 4.02. The van der Waals surface area contributed by atoms with Gasteiger partial charge in [0.2, 0.25) is 5.91 Å². The molecule has 1 amide bonds. The average molecular weight is 349 g/mol. The largest absolute Gasteiger partial charge is 0.506 e. The fraction of sp³-hybridized carbons (Fsp3) is 0.600. The number of ether oxygens (including phenoxy) is 1. The summed E-state index contributed by atoms with van der Waals surface area (Å²) in [5.74, 6) is -0.827. The summed E-state index contributed by atoms with van der Waals surface area (Å²) in [7, 11) is 0. The van der Waals surface area contributed by atoms with Crippen LogP contribution >= 0.6 is 0 Å². The Morgan fingerprint density at radius 3 is 2.20 bits per heavy atom. The maximum atomic E-state index is 12.0. The van der Waals surface area contributed by atoms with Crippen molar-refractivity contribution in [3.8, 4) is 5.75 Å². The lowest BCUT2D eigenvalue weighted by atomic mass is 10.1. The van der Waals surface area contributed by atoms with Crippen LogP contribution in [0.15, 0.2) is 18.2 Å². The van der Waals surface area contributed by atoms with E-state index in [1.807, 2.05) is 0 Å². The van der Waals surface area contributed by atoms with E-state index in [1.165, 1.54) is 70.1 Å². The summed E-state index contributed by atoms with van der Waals surface area (Å²) in [5.41, 5.74) is 0.530. The van der Waals surface area contributed by atoms with E-state index in [9.17, 15) is 14.7 Å². The Balaban J connectivity index is 2.21. The molecule has 1 aromatic carbocycles. The molecule has 5 heteroatoms. The van der Waals surface area contributed by atoms with Crippen LogP contribution in [0.5, 0.6) is 5.75 Å². The van der Waals surface area contributed by atoms with Crippen LogP contribution in [0.3, 0.4) is 0 Å². The van der Waals surface area contributed by atoms with E-state index in [0.717, 1.165) is 12.8 Å². The van der Waals surface area contributed by atoms with E-state index in [0.29, 0.717) is 12.2 Å². The molecule has 140 valence electrons. The monoisotopic (exact) mass is 349 g/mol. The number of benzene rings is 1. The first-order chi connectivity index (χ1) is 12.0. The van der Waals surface area contributed by atoms with Gasteiger partial charge in [0.05, 0.1) is 17.9 Å². The Bertz CT molecular complexity index is 542. The molecule has 0 heterocycles. The van der Waals surface area contributed by atoms with E-state index >= 15 is 0 Å². The normalized spacial score (nSPS) is 10.5. The van der Waals surface area contributed by atoms with Gasteiger partial charge in [-0.25, -0.2) is 4.79 Å².